The quantitative estimate of drug-likeness (QED) is 0.181. The van der Waals surface area contributed by atoms with E-state index in [1.807, 2.05) is 68.4 Å². The molecule has 4 rings (SSSR count). The van der Waals surface area contributed by atoms with Crippen LogP contribution in [0, 0.1) is 6.92 Å². The zero-order chi connectivity index (χ0) is 32.4. The highest BCUT2D eigenvalue weighted by Crippen LogP contribution is 2.28. The molecule has 0 aliphatic carbocycles. The number of benzene rings is 4. The average molecular weight is 648 g/mol. The number of halogens is 1. The first-order chi connectivity index (χ1) is 21.6. The average Bonchev–Trinajstić information content (AvgIpc) is 3.04. The molecule has 0 aliphatic heterocycles. The number of rotatable bonds is 14. The number of aryl methyl sites for hydroxylation is 1. The topological polar surface area (TPSA) is 96.0 Å². The zero-order valence-electron chi connectivity index (χ0n) is 25.6. The van der Waals surface area contributed by atoms with Gasteiger partial charge < -0.3 is 15.0 Å². The van der Waals surface area contributed by atoms with Gasteiger partial charge in [0, 0.05) is 24.5 Å². The smallest absolute Gasteiger partial charge is 0.264 e. The fourth-order valence-corrected chi connectivity index (χ4v) is 6.55. The molecule has 236 valence electrons. The predicted octanol–water partition coefficient (Wildman–Crippen LogP) is 6.02. The van der Waals surface area contributed by atoms with E-state index in [-0.39, 0.29) is 29.5 Å². The van der Waals surface area contributed by atoms with Crippen LogP contribution in [0.15, 0.2) is 108 Å². The summed E-state index contributed by atoms with van der Waals surface area (Å²) in [6, 6.07) is 28.5. The van der Waals surface area contributed by atoms with E-state index in [0.717, 1.165) is 27.4 Å². The van der Waals surface area contributed by atoms with Gasteiger partial charge in [-0.2, -0.15) is 0 Å². The fraction of sp³-hybridized carbons (Fsp3) is 0.257. The predicted molar refractivity (Wildman–Crippen MR) is 178 cm³/mol. The molecule has 1 atom stereocenters. The summed E-state index contributed by atoms with van der Waals surface area (Å²) in [5.74, 6) is -0.360. The second kappa shape index (κ2) is 15.6. The minimum atomic E-state index is -4.25. The summed E-state index contributed by atoms with van der Waals surface area (Å²) in [5.41, 5.74) is 2.90. The molecular weight excluding hydrogens is 610 g/mol. The van der Waals surface area contributed by atoms with Crippen LogP contribution < -0.4 is 14.4 Å². The highest BCUT2D eigenvalue weighted by molar-refractivity contribution is 7.92. The molecule has 0 fully saturated rings. The van der Waals surface area contributed by atoms with Crippen LogP contribution in [-0.4, -0.2) is 51.4 Å². The first-order valence-corrected chi connectivity index (χ1v) is 16.5. The van der Waals surface area contributed by atoms with E-state index in [1.54, 1.807) is 30.3 Å². The lowest BCUT2D eigenvalue weighted by Crippen LogP contribution is -2.53. The van der Waals surface area contributed by atoms with Crippen molar-refractivity contribution in [1.82, 2.24) is 10.2 Å². The number of methoxy groups -OCH3 is 1. The molecule has 8 nitrogen and oxygen atoms in total. The maximum absolute atomic E-state index is 14.5. The molecule has 0 radical (unpaired) electrons. The van der Waals surface area contributed by atoms with Crippen LogP contribution in [0.5, 0.6) is 5.75 Å². The molecule has 2 amide bonds. The van der Waals surface area contributed by atoms with Crippen molar-refractivity contribution in [2.24, 2.45) is 0 Å². The van der Waals surface area contributed by atoms with Gasteiger partial charge in [-0.05, 0) is 66.9 Å². The normalized spacial score (nSPS) is 11.8. The van der Waals surface area contributed by atoms with Gasteiger partial charge in [-0.3, -0.25) is 13.9 Å². The van der Waals surface area contributed by atoms with Gasteiger partial charge in [-0.15, -0.1) is 0 Å². The Morgan fingerprint density at radius 1 is 0.889 bits per heavy atom. The molecule has 0 aromatic heterocycles. The molecule has 10 heteroatoms. The number of ether oxygens (including phenoxy) is 1. The Balaban J connectivity index is 1.80. The maximum atomic E-state index is 14.5. The van der Waals surface area contributed by atoms with Crippen molar-refractivity contribution in [3.05, 3.63) is 125 Å². The number of amides is 2. The summed E-state index contributed by atoms with van der Waals surface area (Å²) >= 11 is 6.29. The molecule has 4 aromatic rings. The number of hydrogen-bond acceptors (Lipinski definition) is 5. The molecule has 1 N–H and O–H groups in total. The summed E-state index contributed by atoms with van der Waals surface area (Å²) in [6.45, 7) is 3.88. The largest absolute Gasteiger partial charge is 0.497 e. The minimum absolute atomic E-state index is 0.0252. The van der Waals surface area contributed by atoms with Gasteiger partial charge in [0.2, 0.25) is 11.8 Å². The Hall–Kier alpha value is -4.34. The van der Waals surface area contributed by atoms with Gasteiger partial charge in [0.25, 0.3) is 10.0 Å². The van der Waals surface area contributed by atoms with Crippen molar-refractivity contribution in [2.75, 3.05) is 24.5 Å². The third kappa shape index (κ3) is 8.86. The van der Waals surface area contributed by atoms with Crippen molar-refractivity contribution in [2.45, 2.75) is 44.2 Å². The van der Waals surface area contributed by atoms with E-state index >= 15 is 0 Å². The Kier molecular flexibility index (Phi) is 11.6. The molecule has 0 aliphatic rings. The van der Waals surface area contributed by atoms with Gasteiger partial charge in [0.05, 0.1) is 17.7 Å². The van der Waals surface area contributed by atoms with Gasteiger partial charge in [0.1, 0.15) is 18.3 Å². The molecule has 0 heterocycles. The van der Waals surface area contributed by atoms with Crippen LogP contribution in [0.4, 0.5) is 5.69 Å². The standard InChI is InChI=1S/C35H38ClN3O5S/c1-4-20-37-35(41)33(22-27-11-6-5-7-12-27)38(24-28-13-8-10-26(2)21-28)34(40)25-39(30-15-9-14-29(36)23-30)45(42,43)32-18-16-31(44-3)17-19-32/h5-19,21,23,33H,4,20,22,24-25H2,1-3H3,(H,37,41)/t33-/m0/s1. The van der Waals surface area contributed by atoms with Crippen LogP contribution in [0.2, 0.25) is 5.02 Å². The van der Waals surface area contributed by atoms with E-state index in [0.29, 0.717) is 17.3 Å². The number of sulfonamides is 1. The summed E-state index contributed by atoms with van der Waals surface area (Å²) in [6.07, 6.45) is 0.967. The van der Waals surface area contributed by atoms with Crippen LogP contribution in [0.1, 0.15) is 30.0 Å². The van der Waals surface area contributed by atoms with E-state index in [4.69, 9.17) is 16.3 Å². The molecule has 0 unspecified atom stereocenters. The monoisotopic (exact) mass is 647 g/mol. The molecule has 0 saturated carbocycles. The van der Waals surface area contributed by atoms with Crippen molar-refractivity contribution in [3.8, 4) is 5.75 Å². The number of nitrogens with one attached hydrogen (secondary N) is 1. The summed E-state index contributed by atoms with van der Waals surface area (Å²) < 4.78 is 34.5. The Bertz CT molecular complexity index is 1700. The molecule has 0 spiro atoms. The first kappa shape index (κ1) is 33.6. The van der Waals surface area contributed by atoms with Gasteiger partial charge in [-0.25, -0.2) is 8.42 Å². The Labute approximate surface area is 270 Å². The second-order valence-electron chi connectivity index (χ2n) is 10.7. The van der Waals surface area contributed by atoms with Crippen LogP contribution in [0.3, 0.4) is 0 Å². The summed E-state index contributed by atoms with van der Waals surface area (Å²) in [4.78, 5) is 29.7. The highest BCUT2D eigenvalue weighted by Gasteiger charge is 2.34. The molecular formula is C35H38ClN3O5S. The van der Waals surface area contributed by atoms with Crippen molar-refractivity contribution >= 4 is 39.1 Å². The van der Waals surface area contributed by atoms with Crippen molar-refractivity contribution in [3.63, 3.8) is 0 Å². The van der Waals surface area contributed by atoms with Crippen LogP contribution in [-0.2, 0) is 32.6 Å². The molecule has 0 saturated heterocycles. The van der Waals surface area contributed by atoms with Crippen LogP contribution in [0.25, 0.3) is 0 Å². The molecule has 45 heavy (non-hydrogen) atoms. The summed E-state index contributed by atoms with van der Waals surface area (Å²) in [5, 5.41) is 3.26. The van der Waals surface area contributed by atoms with E-state index in [2.05, 4.69) is 5.32 Å². The lowest BCUT2D eigenvalue weighted by atomic mass is 10.0. The zero-order valence-corrected chi connectivity index (χ0v) is 27.2. The SMILES string of the molecule is CCCNC(=O)[C@H](Cc1ccccc1)N(Cc1cccc(C)c1)C(=O)CN(c1cccc(Cl)c1)S(=O)(=O)c1ccc(OC)cc1. The first-order valence-electron chi connectivity index (χ1n) is 14.7. The van der Waals surface area contributed by atoms with Gasteiger partial charge in [-0.1, -0.05) is 84.8 Å². The van der Waals surface area contributed by atoms with E-state index in [9.17, 15) is 18.0 Å². The third-order valence-corrected chi connectivity index (χ3v) is 9.30. The van der Waals surface area contributed by atoms with E-state index in [1.165, 1.54) is 30.2 Å². The third-order valence-electron chi connectivity index (χ3n) is 7.28. The Morgan fingerprint density at radius 3 is 2.22 bits per heavy atom. The molecule has 4 aromatic carbocycles. The summed E-state index contributed by atoms with van der Waals surface area (Å²) in [7, 11) is -2.76. The van der Waals surface area contributed by atoms with Crippen molar-refractivity contribution < 1.29 is 22.7 Å². The second-order valence-corrected chi connectivity index (χ2v) is 13.0. The van der Waals surface area contributed by atoms with E-state index < -0.39 is 28.5 Å². The minimum Gasteiger partial charge on any atom is -0.497 e. The number of hydrogen-bond donors (Lipinski definition) is 1. The van der Waals surface area contributed by atoms with Gasteiger partial charge in [0.15, 0.2) is 0 Å². The molecule has 0 bridgehead atoms. The lowest BCUT2D eigenvalue weighted by molar-refractivity contribution is -0.140. The lowest BCUT2D eigenvalue weighted by Gasteiger charge is -2.34. The number of carbonyl (C=O) groups is 2. The fourth-order valence-electron chi connectivity index (χ4n) is 4.96. The Morgan fingerprint density at radius 2 is 1.58 bits per heavy atom. The van der Waals surface area contributed by atoms with Crippen molar-refractivity contribution in [1.29, 1.82) is 0 Å². The maximum Gasteiger partial charge on any atom is 0.264 e. The van der Waals surface area contributed by atoms with Gasteiger partial charge >= 0.3 is 0 Å². The number of nitrogens with zero attached hydrogens (tertiary/aromatic N) is 2. The highest BCUT2D eigenvalue weighted by atomic mass is 35.5. The van der Waals surface area contributed by atoms with Crippen LogP contribution >= 0.6 is 11.6 Å². The number of anilines is 1. The number of carbonyl (C=O) groups excluding carboxylic acids is 2.